The molecule has 1 aliphatic rings. The van der Waals surface area contributed by atoms with E-state index in [-0.39, 0.29) is 18.6 Å². The fourth-order valence-electron chi connectivity index (χ4n) is 3.36. The summed E-state index contributed by atoms with van der Waals surface area (Å²) in [4.78, 5) is 16.8. The third-order valence-corrected chi connectivity index (χ3v) is 4.75. The molecule has 0 saturated heterocycles. The number of nitrogens with one attached hydrogen (secondary N) is 2. The zero-order valence-corrected chi connectivity index (χ0v) is 14.5. The molecule has 1 saturated carbocycles. The van der Waals surface area contributed by atoms with Crippen LogP contribution in [0.15, 0.2) is 48.7 Å². The molecular weight excluding hydrogens is 314 g/mol. The van der Waals surface area contributed by atoms with Gasteiger partial charge in [0.25, 0.3) is 0 Å². The molecule has 5 heteroatoms. The van der Waals surface area contributed by atoms with Crippen LogP contribution in [0.3, 0.4) is 0 Å². The van der Waals surface area contributed by atoms with E-state index in [0.717, 1.165) is 42.5 Å². The molecule has 1 atom stereocenters. The minimum atomic E-state index is -0.763. The Morgan fingerprint density at radius 3 is 2.72 bits per heavy atom. The van der Waals surface area contributed by atoms with Crippen LogP contribution in [0.5, 0.6) is 0 Å². The van der Waals surface area contributed by atoms with Crippen molar-refractivity contribution in [1.82, 2.24) is 15.6 Å². The summed E-state index contributed by atoms with van der Waals surface area (Å²) in [7, 11) is 0. The second kappa shape index (κ2) is 7.66. The van der Waals surface area contributed by atoms with Crippen LogP contribution in [0.1, 0.15) is 48.5 Å². The van der Waals surface area contributed by atoms with Gasteiger partial charge in [0.1, 0.15) is 0 Å². The summed E-state index contributed by atoms with van der Waals surface area (Å²) in [6.45, 7) is 2.30. The first kappa shape index (κ1) is 17.4. The van der Waals surface area contributed by atoms with Gasteiger partial charge >= 0.3 is 6.03 Å². The number of benzene rings is 1. The summed E-state index contributed by atoms with van der Waals surface area (Å²) in [5, 5.41) is 16.2. The van der Waals surface area contributed by atoms with Crippen molar-refractivity contribution in [2.45, 2.75) is 44.2 Å². The van der Waals surface area contributed by atoms with Gasteiger partial charge in [-0.15, -0.1) is 0 Å². The third-order valence-electron chi connectivity index (χ3n) is 4.75. The van der Waals surface area contributed by atoms with E-state index in [4.69, 9.17) is 0 Å². The van der Waals surface area contributed by atoms with E-state index in [9.17, 15) is 9.90 Å². The number of nitrogens with zero attached hydrogens (tertiary/aromatic N) is 1. The van der Waals surface area contributed by atoms with Crippen LogP contribution in [0.25, 0.3) is 0 Å². The molecule has 0 spiro atoms. The molecule has 0 unspecified atom stereocenters. The minimum Gasteiger partial charge on any atom is -0.388 e. The van der Waals surface area contributed by atoms with Gasteiger partial charge in [-0.25, -0.2) is 4.79 Å². The number of aryl methyl sites for hydroxylation is 1. The maximum Gasteiger partial charge on any atom is 0.315 e. The number of carbonyl (C=O) groups is 1. The molecule has 1 heterocycles. The topological polar surface area (TPSA) is 74.2 Å². The van der Waals surface area contributed by atoms with Gasteiger partial charge in [0.2, 0.25) is 0 Å². The maximum atomic E-state index is 12.4. The van der Waals surface area contributed by atoms with Crippen molar-refractivity contribution < 1.29 is 9.90 Å². The predicted octanol–water partition coefficient (Wildman–Crippen LogP) is 3.08. The number of aliphatic hydroxyl groups is 1. The smallest absolute Gasteiger partial charge is 0.315 e. The number of aromatic nitrogens is 1. The summed E-state index contributed by atoms with van der Waals surface area (Å²) < 4.78 is 0. The number of carbonyl (C=O) groups excluding carboxylic acids is 1. The quantitative estimate of drug-likeness (QED) is 0.784. The molecule has 2 amide bonds. The van der Waals surface area contributed by atoms with E-state index >= 15 is 0 Å². The number of rotatable bonds is 5. The van der Waals surface area contributed by atoms with E-state index < -0.39 is 5.60 Å². The first-order valence-electron chi connectivity index (χ1n) is 8.80. The van der Waals surface area contributed by atoms with E-state index in [1.54, 1.807) is 6.20 Å². The Kier molecular flexibility index (Phi) is 5.34. The molecule has 1 aromatic carbocycles. The van der Waals surface area contributed by atoms with Crippen LogP contribution in [0.4, 0.5) is 4.79 Å². The van der Waals surface area contributed by atoms with Crippen molar-refractivity contribution in [1.29, 1.82) is 0 Å². The second-order valence-corrected chi connectivity index (χ2v) is 6.86. The number of hydrogen-bond donors (Lipinski definition) is 3. The van der Waals surface area contributed by atoms with Crippen LogP contribution in [0.2, 0.25) is 0 Å². The zero-order valence-electron chi connectivity index (χ0n) is 14.5. The van der Waals surface area contributed by atoms with Crippen LogP contribution in [0, 0.1) is 6.92 Å². The Balaban J connectivity index is 1.72. The lowest BCUT2D eigenvalue weighted by Crippen LogP contribution is -2.46. The molecule has 1 aromatic heterocycles. The van der Waals surface area contributed by atoms with Gasteiger partial charge in [-0.1, -0.05) is 48.7 Å². The maximum absolute atomic E-state index is 12.4. The first-order valence-corrected chi connectivity index (χ1v) is 8.80. The van der Waals surface area contributed by atoms with Crippen LogP contribution >= 0.6 is 0 Å². The van der Waals surface area contributed by atoms with Gasteiger partial charge in [-0.05, 0) is 37.5 Å². The SMILES string of the molecule is Cc1cccc([C@H](NC(=O)NCC2(O)CCCC2)c2ccccn2)c1. The number of pyridine rings is 1. The molecule has 25 heavy (non-hydrogen) atoms. The molecule has 5 nitrogen and oxygen atoms in total. The summed E-state index contributed by atoms with van der Waals surface area (Å²) in [6.07, 6.45) is 5.24. The predicted molar refractivity (Wildman–Crippen MR) is 97.2 cm³/mol. The Morgan fingerprint density at radius 2 is 2.04 bits per heavy atom. The molecule has 1 fully saturated rings. The zero-order chi connectivity index (χ0) is 17.7. The minimum absolute atomic E-state index is 0.279. The van der Waals surface area contributed by atoms with Gasteiger partial charge in [0.15, 0.2) is 0 Å². The largest absolute Gasteiger partial charge is 0.388 e. The molecule has 3 rings (SSSR count). The number of urea groups is 1. The van der Waals surface area contributed by atoms with Crippen molar-refractivity contribution in [3.05, 3.63) is 65.5 Å². The number of hydrogen-bond acceptors (Lipinski definition) is 3. The molecule has 3 N–H and O–H groups in total. The van der Waals surface area contributed by atoms with Gasteiger partial charge in [0.05, 0.1) is 17.3 Å². The summed E-state index contributed by atoms with van der Waals surface area (Å²) >= 11 is 0. The van der Waals surface area contributed by atoms with Crippen LogP contribution < -0.4 is 10.6 Å². The summed E-state index contributed by atoms with van der Waals surface area (Å²) in [5.41, 5.74) is 2.12. The van der Waals surface area contributed by atoms with Crippen LogP contribution in [-0.4, -0.2) is 28.3 Å². The van der Waals surface area contributed by atoms with E-state index in [1.807, 2.05) is 49.4 Å². The Morgan fingerprint density at radius 1 is 1.24 bits per heavy atom. The normalized spacial score (nSPS) is 17.0. The van der Waals surface area contributed by atoms with Gasteiger partial charge in [0, 0.05) is 12.7 Å². The highest BCUT2D eigenvalue weighted by molar-refractivity contribution is 5.75. The third kappa shape index (κ3) is 4.57. The monoisotopic (exact) mass is 339 g/mol. The van der Waals surface area contributed by atoms with E-state index in [0.29, 0.717) is 0 Å². The van der Waals surface area contributed by atoms with Gasteiger partial charge in [-0.2, -0.15) is 0 Å². The van der Waals surface area contributed by atoms with Crippen molar-refractivity contribution >= 4 is 6.03 Å². The fourth-order valence-corrected chi connectivity index (χ4v) is 3.36. The standard InChI is InChI=1S/C20H25N3O2/c1-15-7-6-8-16(13-15)18(17-9-2-5-12-21-17)23-19(24)22-14-20(25)10-3-4-11-20/h2,5-9,12-13,18,25H,3-4,10-11,14H2,1H3,(H2,22,23,24)/t18-/m0/s1. The lowest BCUT2D eigenvalue weighted by atomic mass is 10.0. The Bertz CT molecular complexity index is 712. The first-order chi connectivity index (χ1) is 12.1. The molecule has 0 aliphatic heterocycles. The lowest BCUT2D eigenvalue weighted by molar-refractivity contribution is 0.0500. The van der Waals surface area contributed by atoms with Crippen molar-refractivity contribution in [3.8, 4) is 0 Å². The second-order valence-electron chi connectivity index (χ2n) is 6.86. The summed E-state index contributed by atoms with van der Waals surface area (Å²) in [5.74, 6) is 0. The average Bonchev–Trinajstić information content (AvgIpc) is 3.06. The van der Waals surface area contributed by atoms with E-state index in [2.05, 4.69) is 15.6 Å². The molecule has 0 radical (unpaired) electrons. The fraction of sp³-hybridized carbons (Fsp3) is 0.400. The molecule has 2 aromatic rings. The Labute approximate surface area is 148 Å². The highest BCUT2D eigenvalue weighted by atomic mass is 16.3. The van der Waals surface area contributed by atoms with E-state index in [1.165, 1.54) is 0 Å². The highest BCUT2D eigenvalue weighted by Crippen LogP contribution is 2.28. The van der Waals surface area contributed by atoms with Gasteiger partial charge in [-0.3, -0.25) is 4.98 Å². The number of amides is 2. The highest BCUT2D eigenvalue weighted by Gasteiger charge is 2.31. The molecule has 1 aliphatic carbocycles. The van der Waals surface area contributed by atoms with Crippen molar-refractivity contribution in [2.75, 3.05) is 6.54 Å². The van der Waals surface area contributed by atoms with Crippen molar-refractivity contribution in [3.63, 3.8) is 0 Å². The molecule has 0 bridgehead atoms. The van der Waals surface area contributed by atoms with Crippen molar-refractivity contribution in [2.24, 2.45) is 0 Å². The summed E-state index contributed by atoms with van der Waals surface area (Å²) in [6, 6.07) is 13.1. The Hall–Kier alpha value is -2.40. The molecular formula is C20H25N3O2. The lowest BCUT2D eigenvalue weighted by Gasteiger charge is -2.24. The average molecular weight is 339 g/mol. The molecule has 132 valence electrons. The van der Waals surface area contributed by atoms with Gasteiger partial charge < -0.3 is 15.7 Å². The van der Waals surface area contributed by atoms with Crippen LogP contribution in [-0.2, 0) is 0 Å².